The number of hydrogen-bond donors (Lipinski definition) is 1. The van der Waals surface area contributed by atoms with Crippen molar-refractivity contribution in [2.75, 3.05) is 26.9 Å². The number of ketones is 1. The molecule has 1 heterocycles. The Morgan fingerprint density at radius 2 is 1.65 bits per heavy atom. The number of aromatic nitrogens is 2. The summed E-state index contributed by atoms with van der Waals surface area (Å²) in [7, 11) is 1.53. The summed E-state index contributed by atoms with van der Waals surface area (Å²) in [6, 6.07) is 9.82. The van der Waals surface area contributed by atoms with E-state index in [9.17, 15) is 24.3 Å². The van der Waals surface area contributed by atoms with E-state index >= 15 is 0 Å². The van der Waals surface area contributed by atoms with E-state index in [-0.39, 0.29) is 50.6 Å². The third kappa shape index (κ3) is 12.8. The maximum Gasteiger partial charge on any atom is 0.307 e. The zero-order valence-corrected chi connectivity index (χ0v) is 21.3. The first-order chi connectivity index (χ1) is 17.9. The molecule has 1 atom stereocenters. The van der Waals surface area contributed by atoms with Gasteiger partial charge in [0.05, 0.1) is 37.6 Å². The Hall–Kier alpha value is -3.53. The van der Waals surface area contributed by atoms with Crippen LogP contribution in [0.4, 0.5) is 0 Å². The molecular weight excluding hydrogens is 480 g/mol. The number of methoxy groups -OCH3 is 1. The highest BCUT2D eigenvalue weighted by atomic mass is 16.6. The molecule has 202 valence electrons. The van der Waals surface area contributed by atoms with Crippen molar-refractivity contribution in [3.63, 3.8) is 0 Å². The van der Waals surface area contributed by atoms with E-state index in [1.165, 1.54) is 7.11 Å². The first-order valence-corrected chi connectivity index (χ1v) is 12.5. The van der Waals surface area contributed by atoms with Gasteiger partial charge in [0.1, 0.15) is 12.4 Å². The number of aliphatic carboxylic acids is 1. The second-order valence-corrected chi connectivity index (χ2v) is 8.75. The van der Waals surface area contributed by atoms with Gasteiger partial charge in [0, 0.05) is 45.5 Å². The molecule has 0 saturated heterocycles. The van der Waals surface area contributed by atoms with Crippen LogP contribution in [-0.2, 0) is 46.4 Å². The number of carboxylic acid groups (broad SMARTS) is 1. The molecule has 37 heavy (non-hydrogen) atoms. The van der Waals surface area contributed by atoms with Crippen molar-refractivity contribution in [2.24, 2.45) is 5.92 Å². The first-order valence-electron chi connectivity index (χ1n) is 12.5. The summed E-state index contributed by atoms with van der Waals surface area (Å²) in [5.74, 6) is -3.08. The van der Waals surface area contributed by atoms with Crippen molar-refractivity contribution in [1.82, 2.24) is 9.55 Å². The molecule has 1 unspecified atom stereocenters. The fourth-order valence-electron chi connectivity index (χ4n) is 3.63. The Balaban J connectivity index is 1.62. The van der Waals surface area contributed by atoms with Crippen LogP contribution in [0.25, 0.3) is 0 Å². The lowest BCUT2D eigenvalue weighted by Gasteiger charge is -2.10. The number of Topliss-reactive ketones (excluding diaryl/α,β-unsaturated/α-hetero) is 1. The van der Waals surface area contributed by atoms with Crippen molar-refractivity contribution < 1.29 is 38.5 Å². The number of imidazole rings is 1. The van der Waals surface area contributed by atoms with Gasteiger partial charge in [-0.1, -0.05) is 30.3 Å². The first kappa shape index (κ1) is 29.7. The number of carboxylic acids is 1. The predicted octanol–water partition coefficient (Wildman–Crippen LogP) is 3.21. The van der Waals surface area contributed by atoms with Gasteiger partial charge in [0.15, 0.2) is 0 Å². The summed E-state index contributed by atoms with van der Waals surface area (Å²) in [6.07, 6.45) is 5.45. The molecule has 0 aliphatic heterocycles. The number of ether oxygens (including phenoxy) is 3. The van der Waals surface area contributed by atoms with E-state index < -0.39 is 17.9 Å². The summed E-state index contributed by atoms with van der Waals surface area (Å²) in [5, 5.41) is 9.57. The molecule has 0 spiro atoms. The summed E-state index contributed by atoms with van der Waals surface area (Å²) in [5.41, 5.74) is 1.69. The van der Waals surface area contributed by atoms with Gasteiger partial charge in [-0.3, -0.25) is 19.2 Å². The third-order valence-corrected chi connectivity index (χ3v) is 5.62. The summed E-state index contributed by atoms with van der Waals surface area (Å²) < 4.78 is 16.8. The molecule has 0 radical (unpaired) electrons. The molecule has 10 heteroatoms. The molecule has 10 nitrogen and oxygen atoms in total. The van der Waals surface area contributed by atoms with E-state index in [2.05, 4.69) is 4.98 Å². The topological polar surface area (TPSA) is 134 Å². The monoisotopic (exact) mass is 516 g/mol. The van der Waals surface area contributed by atoms with Gasteiger partial charge >= 0.3 is 17.9 Å². The zero-order chi connectivity index (χ0) is 26.9. The number of carbonyl (C=O) groups excluding carboxylic acids is 3. The minimum atomic E-state index is -1.07. The van der Waals surface area contributed by atoms with Gasteiger partial charge < -0.3 is 23.9 Å². The second-order valence-electron chi connectivity index (χ2n) is 8.75. The Bertz CT molecular complexity index is 989. The minimum absolute atomic E-state index is 0.0711. The number of hydrogen-bond acceptors (Lipinski definition) is 8. The van der Waals surface area contributed by atoms with Crippen molar-refractivity contribution in [1.29, 1.82) is 0 Å². The molecule has 2 aromatic rings. The highest BCUT2D eigenvalue weighted by Crippen LogP contribution is 2.15. The molecule has 1 N–H and O–H groups in total. The van der Waals surface area contributed by atoms with Gasteiger partial charge in [0.25, 0.3) is 0 Å². The summed E-state index contributed by atoms with van der Waals surface area (Å²) in [6.45, 7) is 1.42. The molecule has 0 bridgehead atoms. The van der Waals surface area contributed by atoms with Crippen LogP contribution >= 0.6 is 0 Å². The zero-order valence-electron chi connectivity index (χ0n) is 21.3. The van der Waals surface area contributed by atoms with Gasteiger partial charge in [0.2, 0.25) is 0 Å². The normalized spacial score (nSPS) is 11.6. The number of nitrogens with zero attached hydrogens (tertiary/aromatic N) is 2. The smallest absolute Gasteiger partial charge is 0.307 e. The molecule has 0 amide bonds. The maximum atomic E-state index is 12.3. The van der Waals surface area contributed by atoms with Crippen LogP contribution < -0.4 is 0 Å². The van der Waals surface area contributed by atoms with Crippen LogP contribution in [0.15, 0.2) is 42.9 Å². The standard InChI is InChI=1S/C27H36N2O8/c1-35-14-15-37-25(31)10-6-3-7-13-36-26(32)12-11-24(30)17-22(27(33)34)16-23-19-29(20-28-23)18-21-8-4-2-5-9-21/h2,4-5,8-9,19-20,22H,3,6-7,10-18H2,1H3,(H,33,34). The van der Waals surface area contributed by atoms with E-state index in [0.29, 0.717) is 44.5 Å². The van der Waals surface area contributed by atoms with Gasteiger partial charge in [-0.2, -0.15) is 0 Å². The molecule has 1 aromatic carbocycles. The lowest BCUT2D eigenvalue weighted by Crippen LogP contribution is -2.21. The van der Waals surface area contributed by atoms with Crippen LogP contribution in [0.3, 0.4) is 0 Å². The molecule has 2 rings (SSSR count). The summed E-state index contributed by atoms with van der Waals surface area (Å²) in [4.78, 5) is 51.7. The van der Waals surface area contributed by atoms with Crippen molar-refractivity contribution in [3.05, 3.63) is 54.1 Å². The Morgan fingerprint density at radius 3 is 2.38 bits per heavy atom. The number of rotatable bonds is 19. The van der Waals surface area contributed by atoms with E-state index in [1.807, 2.05) is 34.9 Å². The lowest BCUT2D eigenvalue weighted by molar-refractivity contribution is -0.146. The molecule has 0 aliphatic carbocycles. The Morgan fingerprint density at radius 1 is 0.919 bits per heavy atom. The van der Waals surface area contributed by atoms with Gasteiger partial charge in [-0.15, -0.1) is 0 Å². The largest absolute Gasteiger partial charge is 0.481 e. The van der Waals surface area contributed by atoms with Gasteiger partial charge in [-0.25, -0.2) is 4.98 Å². The minimum Gasteiger partial charge on any atom is -0.481 e. The number of unbranched alkanes of at least 4 members (excludes halogenated alkanes) is 2. The fourth-order valence-corrected chi connectivity index (χ4v) is 3.63. The Labute approximate surface area is 216 Å². The molecule has 1 aromatic heterocycles. The fraction of sp³-hybridized carbons (Fsp3) is 0.519. The van der Waals surface area contributed by atoms with Crippen molar-refractivity contribution in [2.45, 2.75) is 57.9 Å². The van der Waals surface area contributed by atoms with Crippen LogP contribution in [0.1, 0.15) is 56.2 Å². The highest BCUT2D eigenvalue weighted by molar-refractivity contribution is 5.86. The number of carbonyl (C=O) groups is 4. The molecule has 0 saturated carbocycles. The lowest BCUT2D eigenvalue weighted by atomic mass is 9.95. The molecule has 0 aliphatic rings. The van der Waals surface area contributed by atoms with Crippen LogP contribution in [-0.4, -0.2) is 65.3 Å². The predicted molar refractivity (Wildman–Crippen MR) is 134 cm³/mol. The Kier molecular flexibility index (Phi) is 13.7. The summed E-state index contributed by atoms with van der Waals surface area (Å²) >= 11 is 0. The quantitative estimate of drug-likeness (QED) is 0.221. The van der Waals surface area contributed by atoms with Crippen LogP contribution in [0.2, 0.25) is 0 Å². The SMILES string of the molecule is COCCOC(=O)CCCCCOC(=O)CCC(=O)CC(Cc1cn(Cc2ccccc2)cn1)C(=O)O. The van der Waals surface area contributed by atoms with Crippen LogP contribution in [0, 0.1) is 5.92 Å². The van der Waals surface area contributed by atoms with E-state index in [1.54, 1.807) is 12.5 Å². The molecular formula is C27H36N2O8. The third-order valence-electron chi connectivity index (χ3n) is 5.62. The average molecular weight is 517 g/mol. The van der Waals surface area contributed by atoms with Crippen LogP contribution in [0.5, 0.6) is 0 Å². The number of esters is 2. The highest BCUT2D eigenvalue weighted by Gasteiger charge is 2.23. The number of benzene rings is 1. The maximum absolute atomic E-state index is 12.3. The second kappa shape index (κ2) is 17.0. The van der Waals surface area contributed by atoms with E-state index in [0.717, 1.165) is 5.56 Å². The van der Waals surface area contributed by atoms with Crippen molar-refractivity contribution in [3.8, 4) is 0 Å². The van der Waals surface area contributed by atoms with Crippen molar-refractivity contribution >= 4 is 23.7 Å². The molecule has 0 fully saturated rings. The van der Waals surface area contributed by atoms with E-state index in [4.69, 9.17) is 14.2 Å². The van der Waals surface area contributed by atoms with Gasteiger partial charge in [-0.05, 0) is 24.8 Å². The average Bonchev–Trinajstić information content (AvgIpc) is 3.31.